The average molecular weight is 571 g/mol. The Morgan fingerprint density at radius 2 is 1.87 bits per heavy atom. The number of nitrogens with zero attached hydrogens (tertiary/aromatic N) is 2. The van der Waals surface area contributed by atoms with Crippen LogP contribution >= 0.6 is 11.3 Å². The van der Waals surface area contributed by atoms with Crippen LogP contribution in [0.15, 0.2) is 52.7 Å². The van der Waals surface area contributed by atoms with Crippen LogP contribution in [0.3, 0.4) is 0 Å². The van der Waals surface area contributed by atoms with E-state index in [2.05, 4.69) is 39.9 Å². The van der Waals surface area contributed by atoms with E-state index in [9.17, 15) is 8.42 Å². The number of ether oxygens (including phenoxy) is 1. The van der Waals surface area contributed by atoms with E-state index in [1.165, 1.54) is 21.2 Å². The van der Waals surface area contributed by atoms with Crippen molar-refractivity contribution in [1.29, 1.82) is 0 Å². The second-order valence-electron chi connectivity index (χ2n) is 11.0. The van der Waals surface area contributed by atoms with Gasteiger partial charge in [0.05, 0.1) is 22.5 Å². The van der Waals surface area contributed by atoms with Crippen molar-refractivity contribution in [1.82, 2.24) is 15.6 Å². The molecule has 0 aliphatic carbocycles. The van der Waals surface area contributed by atoms with Crippen LogP contribution in [-0.4, -0.2) is 38.6 Å². The first kappa shape index (κ1) is 29.5. The van der Waals surface area contributed by atoms with Gasteiger partial charge in [-0.1, -0.05) is 44.2 Å². The second kappa shape index (κ2) is 12.8. The number of rotatable bonds is 11. The number of sulfonamides is 1. The molecule has 2 heterocycles. The third kappa shape index (κ3) is 7.20. The van der Waals surface area contributed by atoms with Crippen LogP contribution in [0, 0.1) is 19.8 Å². The maximum absolute atomic E-state index is 13.9. The first-order chi connectivity index (χ1) is 18.6. The minimum Gasteiger partial charge on any atom is -0.491 e. The number of hydrogen-bond donors (Lipinski definition) is 2. The van der Waals surface area contributed by atoms with E-state index in [4.69, 9.17) is 4.74 Å². The topological polar surface area (TPSA) is 83.6 Å². The van der Waals surface area contributed by atoms with E-state index in [1.54, 1.807) is 6.92 Å². The number of thiazole rings is 1. The Labute approximate surface area is 238 Å². The van der Waals surface area contributed by atoms with Gasteiger partial charge in [0.15, 0.2) is 4.21 Å². The fourth-order valence-electron chi connectivity index (χ4n) is 5.11. The van der Waals surface area contributed by atoms with Gasteiger partial charge in [-0.3, -0.25) is 4.31 Å². The lowest BCUT2D eigenvalue weighted by Gasteiger charge is -2.34. The SMILES string of the molecule is Cc1nc(C)c(S(=O)(=O)N(CC(C)C)c2ccc(OC(C)C)c(CNC3CCCNC3c3ccccc3)c2)s1. The predicted octanol–water partition coefficient (Wildman–Crippen LogP) is 5.98. The standard InChI is InChI=1S/C30H42N4O3S2/c1-20(2)19-34(39(35,36)30-22(5)33-23(6)38-30)26-14-15-28(37-21(3)4)25(17-26)18-32-27-13-10-16-31-29(27)24-11-8-7-9-12-24/h7-9,11-12,14-15,17,20-21,27,29,31-32H,10,13,16,18-19H2,1-6H3. The summed E-state index contributed by atoms with van der Waals surface area (Å²) in [6, 6.07) is 16.7. The van der Waals surface area contributed by atoms with Gasteiger partial charge in [-0.15, -0.1) is 11.3 Å². The van der Waals surface area contributed by atoms with E-state index in [0.29, 0.717) is 28.7 Å². The molecule has 2 N–H and O–H groups in total. The fourth-order valence-corrected chi connectivity index (χ4v) is 8.32. The molecule has 39 heavy (non-hydrogen) atoms. The van der Waals surface area contributed by atoms with E-state index < -0.39 is 10.0 Å². The number of nitrogens with one attached hydrogen (secondary N) is 2. The highest BCUT2D eigenvalue weighted by molar-refractivity contribution is 7.94. The van der Waals surface area contributed by atoms with Crippen molar-refractivity contribution in [3.8, 4) is 5.75 Å². The maximum atomic E-state index is 13.9. The minimum atomic E-state index is -3.77. The molecule has 0 radical (unpaired) electrons. The van der Waals surface area contributed by atoms with Gasteiger partial charge in [0.1, 0.15) is 5.75 Å². The van der Waals surface area contributed by atoms with Crippen LogP contribution in [0.25, 0.3) is 0 Å². The van der Waals surface area contributed by atoms with Crippen LogP contribution in [-0.2, 0) is 16.6 Å². The summed E-state index contributed by atoms with van der Waals surface area (Å²) < 4.78 is 35.9. The molecule has 0 bridgehead atoms. The molecule has 2 aromatic carbocycles. The molecule has 0 spiro atoms. The summed E-state index contributed by atoms with van der Waals surface area (Å²) in [5.74, 6) is 0.912. The molecule has 1 aliphatic heterocycles. The van der Waals surface area contributed by atoms with Gasteiger partial charge in [0, 0.05) is 30.7 Å². The van der Waals surface area contributed by atoms with E-state index in [1.807, 2.05) is 58.9 Å². The molecule has 0 saturated carbocycles. The summed E-state index contributed by atoms with van der Waals surface area (Å²) in [6.45, 7) is 13.6. The highest BCUT2D eigenvalue weighted by atomic mass is 32.2. The molecule has 1 fully saturated rings. The number of aryl methyl sites for hydroxylation is 2. The first-order valence-corrected chi connectivity index (χ1v) is 16.1. The third-order valence-corrected chi connectivity index (χ3v) is 10.2. The number of hydrogen-bond acceptors (Lipinski definition) is 7. The Bertz CT molecular complexity index is 1340. The molecule has 9 heteroatoms. The Kier molecular flexibility index (Phi) is 9.69. The van der Waals surface area contributed by atoms with Crippen LogP contribution < -0.4 is 19.7 Å². The molecule has 4 rings (SSSR count). The molecule has 1 aromatic heterocycles. The zero-order valence-corrected chi connectivity index (χ0v) is 25.5. The van der Waals surface area contributed by atoms with Crippen molar-refractivity contribution in [3.63, 3.8) is 0 Å². The summed E-state index contributed by atoms with van der Waals surface area (Å²) in [4.78, 5) is 4.39. The van der Waals surface area contributed by atoms with Crippen molar-refractivity contribution in [2.75, 3.05) is 17.4 Å². The van der Waals surface area contributed by atoms with Gasteiger partial charge in [0.25, 0.3) is 10.0 Å². The molecular formula is C30H42N4O3S2. The van der Waals surface area contributed by atoms with Crippen molar-refractivity contribution >= 4 is 27.0 Å². The summed E-state index contributed by atoms with van der Waals surface area (Å²) >= 11 is 1.23. The lowest BCUT2D eigenvalue weighted by Crippen LogP contribution is -2.45. The molecule has 0 amide bonds. The molecule has 3 aromatic rings. The third-order valence-electron chi connectivity index (χ3n) is 6.78. The molecule has 1 aliphatic rings. The zero-order valence-electron chi connectivity index (χ0n) is 23.9. The number of piperidine rings is 1. The van der Waals surface area contributed by atoms with Crippen molar-refractivity contribution in [2.24, 2.45) is 5.92 Å². The number of benzene rings is 2. The quantitative estimate of drug-likeness (QED) is 0.295. The Hall–Kier alpha value is -2.46. The van der Waals surface area contributed by atoms with Gasteiger partial charge in [0.2, 0.25) is 0 Å². The van der Waals surface area contributed by atoms with Gasteiger partial charge >= 0.3 is 0 Å². The first-order valence-electron chi connectivity index (χ1n) is 13.8. The van der Waals surface area contributed by atoms with Gasteiger partial charge < -0.3 is 15.4 Å². The fraction of sp³-hybridized carbons (Fsp3) is 0.500. The van der Waals surface area contributed by atoms with Crippen molar-refractivity contribution in [2.45, 2.75) is 83.3 Å². The van der Waals surface area contributed by atoms with E-state index >= 15 is 0 Å². The Morgan fingerprint density at radius 3 is 2.51 bits per heavy atom. The number of aromatic nitrogens is 1. The Morgan fingerprint density at radius 1 is 1.13 bits per heavy atom. The summed E-state index contributed by atoms with van der Waals surface area (Å²) in [7, 11) is -3.77. The van der Waals surface area contributed by atoms with Crippen molar-refractivity contribution < 1.29 is 13.2 Å². The van der Waals surface area contributed by atoms with E-state index in [0.717, 1.165) is 35.7 Å². The van der Waals surface area contributed by atoms with Gasteiger partial charge in [-0.25, -0.2) is 13.4 Å². The van der Waals surface area contributed by atoms with Crippen LogP contribution in [0.5, 0.6) is 5.75 Å². The monoisotopic (exact) mass is 570 g/mol. The smallest absolute Gasteiger partial charge is 0.275 e. The zero-order chi connectivity index (χ0) is 28.2. The van der Waals surface area contributed by atoms with Gasteiger partial charge in [-0.05, 0) is 76.8 Å². The van der Waals surface area contributed by atoms with Crippen LogP contribution in [0.2, 0.25) is 0 Å². The summed E-state index contributed by atoms with van der Waals surface area (Å²) in [5.41, 5.74) is 3.40. The Balaban J connectivity index is 1.67. The van der Waals surface area contributed by atoms with Crippen LogP contribution in [0.1, 0.15) is 68.4 Å². The predicted molar refractivity (Wildman–Crippen MR) is 160 cm³/mol. The highest BCUT2D eigenvalue weighted by Gasteiger charge is 2.31. The molecule has 7 nitrogen and oxygen atoms in total. The molecular weight excluding hydrogens is 528 g/mol. The molecule has 212 valence electrons. The largest absolute Gasteiger partial charge is 0.491 e. The van der Waals surface area contributed by atoms with Gasteiger partial charge in [-0.2, -0.15) is 0 Å². The molecule has 2 unspecified atom stereocenters. The molecule has 1 saturated heterocycles. The van der Waals surface area contributed by atoms with Crippen molar-refractivity contribution in [3.05, 3.63) is 70.4 Å². The van der Waals surface area contributed by atoms with E-state index in [-0.39, 0.29) is 24.1 Å². The lowest BCUT2D eigenvalue weighted by molar-refractivity contribution is 0.238. The maximum Gasteiger partial charge on any atom is 0.275 e. The average Bonchev–Trinajstić information content (AvgIpc) is 3.25. The summed E-state index contributed by atoms with van der Waals surface area (Å²) in [6.07, 6.45) is 2.16. The second-order valence-corrected chi connectivity index (χ2v) is 14.2. The number of anilines is 1. The normalized spacial score (nSPS) is 18.1. The molecule has 2 atom stereocenters. The minimum absolute atomic E-state index is 0.00123. The van der Waals surface area contributed by atoms with Crippen LogP contribution in [0.4, 0.5) is 5.69 Å². The highest BCUT2D eigenvalue weighted by Crippen LogP contribution is 2.34. The lowest BCUT2D eigenvalue weighted by atomic mass is 9.92. The summed E-state index contributed by atoms with van der Waals surface area (Å²) in [5, 5.41) is 8.20.